The van der Waals surface area contributed by atoms with E-state index in [0.717, 1.165) is 0 Å². The zero-order chi connectivity index (χ0) is 78.5. The molecular formula is C82H144I2O22. The van der Waals surface area contributed by atoms with Gasteiger partial charge in [0.1, 0.15) is 0 Å². The predicted octanol–water partition coefficient (Wildman–Crippen LogP) is 15.4. The van der Waals surface area contributed by atoms with Gasteiger partial charge in [-0.15, -0.1) is 0 Å². The molecule has 0 amide bonds. The lowest BCUT2D eigenvalue weighted by Crippen LogP contribution is -2.54. The van der Waals surface area contributed by atoms with E-state index < -0.39 is 74.5 Å². The molecule has 22 nitrogen and oxygen atoms in total. The molecule has 0 radical (unpaired) electrons. The Morgan fingerprint density at radius 1 is 0.226 bits per heavy atom. The lowest BCUT2D eigenvalue weighted by atomic mass is 9.76. The van der Waals surface area contributed by atoms with Crippen molar-refractivity contribution < 1.29 is 105 Å². The van der Waals surface area contributed by atoms with Gasteiger partial charge in [0.2, 0.25) is 0 Å². The Bertz CT molecular complexity index is 2660. The highest BCUT2D eigenvalue weighted by atomic mass is 128. The van der Waals surface area contributed by atoms with Gasteiger partial charge in [-0.05, 0) is 155 Å². The lowest BCUT2D eigenvalue weighted by molar-refractivity contribution is -0.312. The summed E-state index contributed by atoms with van der Waals surface area (Å²) >= 11 is 4.24. The second-order valence-corrected chi connectivity index (χ2v) is 35.5. The number of carbonyl (C=O) groups is 2. The Balaban J connectivity index is 0.00000703. The molecule has 0 aliphatic carbocycles. The number of aliphatic carboxylic acids is 2. The number of rotatable bonds is 27. The van der Waals surface area contributed by atoms with Gasteiger partial charge < -0.3 is 95.5 Å². The van der Waals surface area contributed by atoms with E-state index in [-0.39, 0.29) is 210 Å². The van der Waals surface area contributed by atoms with Crippen LogP contribution in [-0.4, -0.2) is 194 Å². The Morgan fingerprint density at radius 2 is 0.415 bits per heavy atom. The van der Waals surface area contributed by atoms with Crippen molar-refractivity contribution in [1.29, 1.82) is 0 Å². The van der Waals surface area contributed by atoms with Gasteiger partial charge >= 0.3 is 11.9 Å². The number of ether oxygens (including phenoxy) is 18. The van der Waals surface area contributed by atoms with Crippen LogP contribution in [0.4, 0.5) is 0 Å². The third-order valence-electron chi connectivity index (χ3n) is 30.0. The Labute approximate surface area is 661 Å². The van der Waals surface area contributed by atoms with Gasteiger partial charge in [-0.25, -0.2) is 9.59 Å². The highest BCUT2D eigenvalue weighted by Gasteiger charge is 2.53. The van der Waals surface area contributed by atoms with E-state index in [1.54, 1.807) is 7.11 Å². The summed E-state index contributed by atoms with van der Waals surface area (Å²) in [7, 11) is 1.65. The molecule has 9 aliphatic rings. The minimum Gasteiger partial charge on any atom is -0.479 e. The van der Waals surface area contributed by atoms with Gasteiger partial charge in [0.15, 0.2) is 68.8 Å². The highest BCUT2D eigenvalue weighted by molar-refractivity contribution is 15.0. The number of hydrogen-bond donors (Lipinski definition) is 2. The van der Waals surface area contributed by atoms with Crippen molar-refractivity contribution in [2.24, 2.45) is 160 Å². The quantitative estimate of drug-likeness (QED) is 0.0726. The molecule has 24 heteroatoms. The fraction of sp³-hybridized carbons (Fsp3) is 0.976. The first kappa shape index (κ1) is 91.2. The molecule has 0 spiro atoms. The van der Waals surface area contributed by atoms with Gasteiger partial charge in [0.25, 0.3) is 0 Å². The SMILES string of the molecule is CO[C@@H]1OC(C)[C@@H](C)[C@H](CO[C@@H]2OC(C)[C@@H](C)[C@H](CO[C@@H]3OC(C)[C@@H](C)[C@H](CO[C@@H]4OC(C)[C@@H](C)[C@H](CO[C@@H]5OC(C)[C@@H](C)[C@H](CO[C@@H]6OC(C)[C@@H](C)[C@H](CO[C@@H]7OC(C)[C@@H](C)[C@H](C)C7C)C6C)C5CO[C@H]5OC(C(=O)O)[C@@H](C)[C@@H](C)C5C)C4C)C3C)C2C)C1CO[C@H]1OC(C(=O)O)[C@@H](C)[C@@H](C)C1C.II. The topological polar surface area (TPSA) is 241 Å². The summed E-state index contributed by atoms with van der Waals surface area (Å²) in [5, 5.41) is 20.3. The summed E-state index contributed by atoms with van der Waals surface area (Å²) in [6.07, 6.45) is -7.48. The molecule has 45 atom stereocenters. The first-order valence-electron chi connectivity index (χ1n) is 40.9. The lowest BCUT2D eigenvalue weighted by Gasteiger charge is -2.49. The van der Waals surface area contributed by atoms with Crippen LogP contribution in [0.25, 0.3) is 0 Å². The Kier molecular flexibility index (Phi) is 34.9. The second-order valence-electron chi connectivity index (χ2n) is 35.5. The minimum atomic E-state index is -0.995. The molecule has 0 saturated carbocycles. The van der Waals surface area contributed by atoms with Crippen molar-refractivity contribution in [3.8, 4) is 0 Å². The smallest absolute Gasteiger partial charge is 0.333 e. The normalized spacial score (nSPS) is 51.0. The monoisotopic (exact) mass is 1730 g/mol. The third kappa shape index (κ3) is 20.7. The second kappa shape index (κ2) is 40.5. The maximum Gasteiger partial charge on any atom is 0.333 e. The van der Waals surface area contributed by atoms with Crippen molar-refractivity contribution in [3.63, 3.8) is 0 Å². The van der Waals surface area contributed by atoms with Gasteiger partial charge in [0.05, 0.1) is 95.6 Å². The van der Waals surface area contributed by atoms with Crippen LogP contribution in [0.2, 0.25) is 0 Å². The number of hydrogen-bond acceptors (Lipinski definition) is 20. The number of methoxy groups -OCH3 is 1. The molecule has 106 heavy (non-hydrogen) atoms. The zero-order valence-electron chi connectivity index (χ0n) is 69.5. The van der Waals surface area contributed by atoms with Crippen LogP contribution >= 0.6 is 37.2 Å². The zero-order valence-corrected chi connectivity index (χ0v) is 73.8. The molecule has 18 unspecified atom stereocenters. The summed E-state index contributed by atoms with van der Waals surface area (Å²) < 4.78 is 121. The molecule has 9 aliphatic heterocycles. The van der Waals surface area contributed by atoms with Crippen LogP contribution < -0.4 is 0 Å². The summed E-state index contributed by atoms with van der Waals surface area (Å²) in [4.78, 5) is 24.8. The van der Waals surface area contributed by atoms with Gasteiger partial charge in [0, 0.05) is 97.6 Å². The maximum absolute atomic E-state index is 12.6. The fourth-order valence-electron chi connectivity index (χ4n) is 19.2. The first-order chi connectivity index (χ1) is 50.0. The standard InChI is InChI=1S/C82H144O22.I2/c1-36-39(4)55(20)96-74(42(36)7)88-28-62-45(10)57(22)100-80(52(62)17)92-33-67-50(15)61(26)102-82(69(67)35-94-76-44(9)38(3)41(6)71(104-76)73(85)86)95-31-65-48(13)59(24)98-78(54(65)19)90-29-63-46(11)56(21)97-77(51(63)16)89-30-64-47(12)58(23)99-79(53(64)18)91-32-66-49(14)60(25)101-81(87-27)68(66)34-93-75-43(8)37(2)40(5)70(103-75)72(83)84;1-2/h36-71,74-82H,28-35H2,1-27H3,(H,83,84)(H,85,86);/t36-,37+,38+,39-,40-,41-,42?,43?,44?,45+,46+,47+,48+,49+,50+,51?,52?,53?,54?,55?,56?,57?,58?,59?,60?,61?,62-,63-,64-,65-,66-,67-,68?,69?,70?,71?,74+,75-,76-,77+,78+,79+,80+,81+,82+;/m0./s1. The van der Waals surface area contributed by atoms with E-state index in [1.807, 2.05) is 13.8 Å². The molecule has 0 aromatic carbocycles. The molecule has 9 fully saturated rings. The molecule has 9 saturated heterocycles. The first-order valence-corrected chi connectivity index (χ1v) is 47.2. The maximum atomic E-state index is 12.6. The molecule has 0 bridgehead atoms. The summed E-state index contributed by atoms with van der Waals surface area (Å²) in [6.45, 7) is 59.1. The third-order valence-corrected chi connectivity index (χ3v) is 30.0. The predicted molar refractivity (Wildman–Crippen MR) is 418 cm³/mol. The number of carboxylic acids is 2. The molecule has 618 valence electrons. The molecule has 0 aromatic heterocycles. The van der Waals surface area contributed by atoms with Crippen molar-refractivity contribution in [1.82, 2.24) is 0 Å². The van der Waals surface area contributed by atoms with Crippen molar-refractivity contribution in [2.45, 2.75) is 292 Å². The summed E-state index contributed by atoms with van der Waals surface area (Å²) in [5.74, 6) is -0.685. The van der Waals surface area contributed by atoms with Crippen LogP contribution in [-0.2, 0) is 94.9 Å². The van der Waals surface area contributed by atoms with E-state index in [9.17, 15) is 19.8 Å². The molecule has 9 rings (SSSR count). The molecule has 0 aromatic rings. The van der Waals surface area contributed by atoms with E-state index in [2.05, 4.69) is 203 Å². The number of halogens is 2. The van der Waals surface area contributed by atoms with Crippen molar-refractivity contribution in [3.05, 3.63) is 0 Å². The summed E-state index contributed by atoms with van der Waals surface area (Å²) in [5.41, 5.74) is 0. The van der Waals surface area contributed by atoms with E-state index in [1.165, 1.54) is 0 Å². The van der Waals surface area contributed by atoms with E-state index in [4.69, 9.17) is 85.3 Å². The minimum absolute atomic E-state index is 0.01000. The molecular weight excluding hydrogens is 1590 g/mol. The van der Waals surface area contributed by atoms with Crippen LogP contribution in [0.5, 0.6) is 0 Å². The Morgan fingerprint density at radius 3 is 0.689 bits per heavy atom. The van der Waals surface area contributed by atoms with Crippen molar-refractivity contribution in [2.75, 3.05) is 60.0 Å². The van der Waals surface area contributed by atoms with Gasteiger partial charge in [-0.2, -0.15) is 0 Å². The largest absolute Gasteiger partial charge is 0.479 e. The van der Waals surface area contributed by atoms with Crippen LogP contribution in [0.1, 0.15) is 180 Å². The number of carboxylic acid groups (broad SMARTS) is 2. The van der Waals surface area contributed by atoms with Crippen LogP contribution in [0, 0.1) is 160 Å². The summed E-state index contributed by atoms with van der Waals surface area (Å²) in [6, 6.07) is 0. The van der Waals surface area contributed by atoms with Gasteiger partial charge in [-0.3, -0.25) is 0 Å². The average molecular weight is 1740 g/mol. The Hall–Kier alpha value is -0.320. The molecule has 9 heterocycles. The van der Waals surface area contributed by atoms with E-state index >= 15 is 0 Å². The van der Waals surface area contributed by atoms with Crippen molar-refractivity contribution >= 4 is 49.2 Å². The highest BCUT2D eigenvalue weighted by Crippen LogP contribution is 2.48. The van der Waals surface area contributed by atoms with Crippen LogP contribution in [0.15, 0.2) is 0 Å². The average Bonchev–Trinajstić information content (AvgIpc) is 0.788. The van der Waals surface area contributed by atoms with E-state index in [0.29, 0.717) is 51.5 Å². The van der Waals surface area contributed by atoms with Gasteiger partial charge in [-0.1, -0.05) is 132 Å². The fourth-order valence-corrected chi connectivity index (χ4v) is 19.2. The molecule has 2 N–H and O–H groups in total. The van der Waals surface area contributed by atoms with Crippen LogP contribution in [0.3, 0.4) is 0 Å².